The van der Waals surface area contributed by atoms with E-state index in [9.17, 15) is 0 Å². The average Bonchev–Trinajstić information content (AvgIpc) is 3.72. The molecule has 2 nitrogen and oxygen atoms in total. The van der Waals surface area contributed by atoms with Crippen LogP contribution in [0.15, 0.2) is 205 Å². The second-order valence-electron chi connectivity index (χ2n) is 13.4. The van der Waals surface area contributed by atoms with Gasteiger partial charge in [-0.05, 0) is 85.2 Å². The normalized spacial score (nSPS) is 11.9. The lowest BCUT2D eigenvalue weighted by Gasteiger charge is -2.34. The molecule has 2 aromatic heterocycles. The number of benzene rings is 8. The highest BCUT2D eigenvalue weighted by molar-refractivity contribution is 9.10. The number of para-hydroxylation sites is 3. The van der Waals surface area contributed by atoms with E-state index in [1.807, 2.05) is 0 Å². The van der Waals surface area contributed by atoms with Crippen molar-refractivity contribution in [3.05, 3.63) is 205 Å². The van der Waals surface area contributed by atoms with E-state index < -0.39 is 8.07 Å². The molecule has 0 aliphatic rings. The molecule has 4 heteroatoms. The first-order chi connectivity index (χ1) is 25.7. The van der Waals surface area contributed by atoms with Crippen molar-refractivity contribution in [3.8, 4) is 11.4 Å². The zero-order valence-electron chi connectivity index (χ0n) is 28.3. The molecule has 8 aromatic carbocycles. The molecule has 10 aromatic rings. The van der Waals surface area contributed by atoms with Crippen LogP contribution >= 0.6 is 15.9 Å². The summed E-state index contributed by atoms with van der Waals surface area (Å²) in [5.41, 5.74) is 7.05. The maximum Gasteiger partial charge on any atom is 0.179 e. The van der Waals surface area contributed by atoms with Crippen LogP contribution in [-0.4, -0.2) is 17.2 Å². The number of hydrogen-bond acceptors (Lipinski definition) is 0. The first-order valence-electron chi connectivity index (χ1n) is 17.7. The molecule has 0 spiro atoms. The van der Waals surface area contributed by atoms with Gasteiger partial charge in [-0.25, -0.2) is 0 Å². The van der Waals surface area contributed by atoms with Crippen molar-refractivity contribution in [1.29, 1.82) is 0 Å². The first kappa shape index (κ1) is 30.8. The Morgan fingerprint density at radius 3 is 1.33 bits per heavy atom. The Balaban J connectivity index is 1.33. The number of hydrogen-bond donors (Lipinski definition) is 0. The zero-order valence-corrected chi connectivity index (χ0v) is 30.9. The Labute approximate surface area is 312 Å². The molecule has 0 N–H and O–H groups in total. The van der Waals surface area contributed by atoms with Gasteiger partial charge in [-0.1, -0.05) is 152 Å². The number of rotatable bonds is 6. The molecule has 0 saturated carbocycles. The monoisotopic (exact) mass is 744 g/mol. The quantitative estimate of drug-likeness (QED) is 0.119. The molecule has 0 fully saturated rings. The van der Waals surface area contributed by atoms with E-state index in [0.29, 0.717) is 0 Å². The van der Waals surface area contributed by atoms with Crippen molar-refractivity contribution < 1.29 is 0 Å². The summed E-state index contributed by atoms with van der Waals surface area (Å²) in [4.78, 5) is 0. The highest BCUT2D eigenvalue weighted by Crippen LogP contribution is 2.38. The van der Waals surface area contributed by atoms with Crippen molar-refractivity contribution in [3.63, 3.8) is 0 Å². The van der Waals surface area contributed by atoms with Gasteiger partial charge in [0.1, 0.15) is 0 Å². The van der Waals surface area contributed by atoms with Gasteiger partial charge in [0.25, 0.3) is 0 Å². The van der Waals surface area contributed by atoms with E-state index in [4.69, 9.17) is 0 Å². The lowest BCUT2D eigenvalue weighted by molar-refractivity contribution is 1.16. The van der Waals surface area contributed by atoms with Crippen molar-refractivity contribution in [2.24, 2.45) is 0 Å². The Morgan fingerprint density at radius 1 is 0.327 bits per heavy atom. The molecule has 0 radical (unpaired) electrons. The van der Waals surface area contributed by atoms with E-state index >= 15 is 0 Å². The van der Waals surface area contributed by atoms with Gasteiger partial charge in [0.05, 0.1) is 27.8 Å². The topological polar surface area (TPSA) is 9.86 Å². The summed E-state index contributed by atoms with van der Waals surface area (Å²) in [7, 11) is -2.75. The maximum atomic E-state index is 3.91. The maximum absolute atomic E-state index is 3.91. The van der Waals surface area contributed by atoms with Crippen LogP contribution < -0.4 is 20.7 Å². The average molecular weight is 746 g/mol. The van der Waals surface area contributed by atoms with Gasteiger partial charge < -0.3 is 9.13 Å². The van der Waals surface area contributed by atoms with Crippen molar-refractivity contribution in [2.75, 3.05) is 0 Å². The first-order valence-corrected chi connectivity index (χ1v) is 20.5. The molecule has 2 heterocycles. The minimum Gasteiger partial charge on any atom is -0.309 e. The molecular weight excluding hydrogens is 713 g/mol. The molecule has 0 saturated heterocycles. The predicted octanol–water partition coefficient (Wildman–Crippen LogP) is 10.0. The van der Waals surface area contributed by atoms with Gasteiger partial charge in [0, 0.05) is 31.7 Å². The summed E-state index contributed by atoms with van der Waals surface area (Å²) in [6.07, 6.45) is 0. The Kier molecular flexibility index (Phi) is 7.34. The van der Waals surface area contributed by atoms with Gasteiger partial charge in [-0.2, -0.15) is 0 Å². The van der Waals surface area contributed by atoms with Gasteiger partial charge in [0.15, 0.2) is 8.07 Å². The highest BCUT2D eigenvalue weighted by Gasteiger charge is 2.41. The van der Waals surface area contributed by atoms with Crippen LogP contribution in [0.25, 0.3) is 55.0 Å². The van der Waals surface area contributed by atoms with Crippen LogP contribution in [0.3, 0.4) is 0 Å². The van der Waals surface area contributed by atoms with Crippen LogP contribution in [0.2, 0.25) is 0 Å². The molecule has 0 atom stereocenters. The second kappa shape index (κ2) is 12.4. The number of nitrogens with zero attached hydrogens (tertiary/aromatic N) is 2. The number of fused-ring (bicyclic) bond motifs is 6. The summed E-state index contributed by atoms with van der Waals surface area (Å²) in [5.74, 6) is 0. The van der Waals surface area contributed by atoms with E-state index in [1.165, 1.54) is 64.4 Å². The third-order valence-electron chi connectivity index (χ3n) is 10.7. The third kappa shape index (κ3) is 4.61. The fourth-order valence-corrected chi connectivity index (χ4v) is 13.8. The van der Waals surface area contributed by atoms with Crippen LogP contribution in [0.4, 0.5) is 0 Å². The zero-order chi connectivity index (χ0) is 34.6. The van der Waals surface area contributed by atoms with Gasteiger partial charge >= 0.3 is 0 Å². The summed E-state index contributed by atoms with van der Waals surface area (Å²) in [5, 5.41) is 10.5. The minimum absolute atomic E-state index is 1.06. The van der Waals surface area contributed by atoms with Crippen molar-refractivity contribution in [2.45, 2.75) is 0 Å². The molecule has 0 bridgehead atoms. The van der Waals surface area contributed by atoms with Crippen LogP contribution in [0, 0.1) is 0 Å². The van der Waals surface area contributed by atoms with Crippen LogP contribution in [-0.2, 0) is 0 Å². The molecule has 0 aliphatic carbocycles. The van der Waals surface area contributed by atoms with E-state index in [0.717, 1.165) is 15.8 Å². The fourth-order valence-electron chi connectivity index (χ4n) is 8.54. The van der Waals surface area contributed by atoms with E-state index in [2.05, 4.69) is 225 Å². The summed E-state index contributed by atoms with van der Waals surface area (Å²) in [6.45, 7) is 0. The lowest BCUT2D eigenvalue weighted by atomic mass is 10.1. The summed E-state index contributed by atoms with van der Waals surface area (Å²) < 4.78 is 5.91. The number of aromatic nitrogens is 2. The Bertz CT molecular complexity index is 2760. The molecule has 0 aliphatic heterocycles. The molecule has 246 valence electrons. The minimum atomic E-state index is -2.75. The smallest absolute Gasteiger partial charge is 0.179 e. The van der Waals surface area contributed by atoms with Gasteiger partial charge in [-0.3, -0.25) is 0 Å². The fraction of sp³-hybridized carbons (Fsp3) is 0. The number of halogens is 1. The SMILES string of the molecule is Brc1ccccc1-n1c2ccc(-n3c4ccccc4c4ccccc43)cc2c2cc([Si](c3ccccc3)(c3ccccc3)c3ccccc3)ccc21. The molecule has 10 rings (SSSR count). The molecular formula is C48H33BrN2Si. The standard InChI is InChI=1S/C48H33BrN2Si/c49-43-24-12-15-27-48(43)51-46-30-28-34(50-44-25-13-10-22-39(44)40-23-11-14-26-45(40)50)32-41(46)42-33-38(29-31-47(42)51)52(35-16-4-1-5-17-35,36-18-6-2-7-19-36)37-20-8-3-9-21-37/h1-33H. The highest BCUT2D eigenvalue weighted by atomic mass is 79.9. The predicted molar refractivity (Wildman–Crippen MR) is 226 cm³/mol. The molecule has 52 heavy (non-hydrogen) atoms. The van der Waals surface area contributed by atoms with Crippen molar-refractivity contribution >= 4 is 88.4 Å². The van der Waals surface area contributed by atoms with Crippen LogP contribution in [0.5, 0.6) is 0 Å². The third-order valence-corrected chi connectivity index (χ3v) is 16.2. The van der Waals surface area contributed by atoms with Crippen LogP contribution in [0.1, 0.15) is 0 Å². The van der Waals surface area contributed by atoms with Crippen molar-refractivity contribution in [1.82, 2.24) is 9.13 Å². The Morgan fingerprint density at radius 2 is 0.769 bits per heavy atom. The molecule has 0 amide bonds. The molecule has 0 unspecified atom stereocenters. The van der Waals surface area contributed by atoms with Gasteiger partial charge in [-0.15, -0.1) is 0 Å². The summed E-state index contributed by atoms with van der Waals surface area (Å²) in [6, 6.07) is 73.9. The summed E-state index contributed by atoms with van der Waals surface area (Å²) >= 11 is 3.91. The van der Waals surface area contributed by atoms with E-state index in [-0.39, 0.29) is 0 Å². The second-order valence-corrected chi connectivity index (χ2v) is 18.1. The Hall–Kier alpha value is -5.94. The van der Waals surface area contributed by atoms with E-state index in [1.54, 1.807) is 0 Å². The van der Waals surface area contributed by atoms with Gasteiger partial charge in [0.2, 0.25) is 0 Å². The largest absolute Gasteiger partial charge is 0.309 e. The lowest BCUT2D eigenvalue weighted by Crippen LogP contribution is -2.74.